The van der Waals surface area contributed by atoms with Crippen LogP contribution in [-0.2, 0) is 11.4 Å². The number of carbonyl (C=O) groups is 1. The lowest BCUT2D eigenvalue weighted by Gasteiger charge is -2.09. The van der Waals surface area contributed by atoms with Crippen LogP contribution in [-0.4, -0.2) is 22.9 Å². The maximum Gasteiger partial charge on any atom is 0.250 e. The van der Waals surface area contributed by atoms with E-state index in [9.17, 15) is 4.79 Å². The van der Waals surface area contributed by atoms with Crippen LogP contribution in [0.15, 0.2) is 93.7 Å². The molecule has 0 unspecified atom stereocenters. The Morgan fingerprint density at radius 1 is 1.09 bits per heavy atom. The molecular weight excluding hydrogens is 450 g/mol. The number of hydrogen-bond donors (Lipinski definition) is 1. The summed E-state index contributed by atoms with van der Waals surface area (Å²) in [5.74, 6) is 0.820. The van der Waals surface area contributed by atoms with Gasteiger partial charge in [0, 0.05) is 10.9 Å². The number of thioether (sulfide) groups is 1. The molecule has 0 fully saturated rings. The number of hydrogen-bond acceptors (Lipinski definition) is 6. The molecule has 1 aromatic heterocycles. The molecule has 3 aromatic carbocycles. The van der Waals surface area contributed by atoms with Crippen molar-refractivity contribution < 1.29 is 9.53 Å². The normalized spacial score (nSPS) is 10.9. The van der Waals surface area contributed by atoms with Gasteiger partial charge in [0.2, 0.25) is 0 Å². The number of nitrogens with zero attached hydrogens (tertiary/aromatic N) is 2. The highest BCUT2D eigenvalue weighted by atomic mass is 32.2. The van der Waals surface area contributed by atoms with Gasteiger partial charge >= 0.3 is 0 Å². The number of benzene rings is 3. The number of hydrazone groups is 1. The van der Waals surface area contributed by atoms with Crippen molar-refractivity contribution in [2.24, 2.45) is 5.10 Å². The zero-order valence-electron chi connectivity index (χ0n) is 18.1. The first-order valence-electron chi connectivity index (χ1n) is 10.4. The van der Waals surface area contributed by atoms with Crippen LogP contribution in [0.2, 0.25) is 0 Å². The van der Waals surface area contributed by atoms with Crippen molar-refractivity contribution in [1.29, 1.82) is 0 Å². The molecule has 4 rings (SSSR count). The second kappa shape index (κ2) is 11.4. The highest BCUT2D eigenvalue weighted by molar-refractivity contribution is 8.01. The molecule has 1 N–H and O–H groups in total. The van der Waals surface area contributed by atoms with Crippen molar-refractivity contribution in [3.05, 3.63) is 101 Å². The molecule has 0 aliphatic carbocycles. The van der Waals surface area contributed by atoms with Gasteiger partial charge in [-0.05, 0) is 35.7 Å². The Balaban J connectivity index is 1.24. The summed E-state index contributed by atoms with van der Waals surface area (Å²) in [7, 11) is 0. The first kappa shape index (κ1) is 22.8. The van der Waals surface area contributed by atoms with Crippen LogP contribution in [0.3, 0.4) is 0 Å². The third-order valence-electron chi connectivity index (χ3n) is 4.80. The molecule has 0 saturated heterocycles. The predicted molar refractivity (Wildman–Crippen MR) is 136 cm³/mol. The fraction of sp³-hybridized carbons (Fsp3) is 0.115. The van der Waals surface area contributed by atoms with Crippen molar-refractivity contribution >= 4 is 35.2 Å². The summed E-state index contributed by atoms with van der Waals surface area (Å²) in [6.07, 6.45) is 1.61. The molecule has 0 saturated carbocycles. The van der Waals surface area contributed by atoms with Gasteiger partial charge in [0.1, 0.15) is 12.4 Å². The van der Waals surface area contributed by atoms with Crippen LogP contribution < -0.4 is 10.2 Å². The second-order valence-corrected chi connectivity index (χ2v) is 9.31. The molecule has 7 heteroatoms. The van der Waals surface area contributed by atoms with Crippen LogP contribution in [0.5, 0.6) is 5.75 Å². The summed E-state index contributed by atoms with van der Waals surface area (Å²) in [6, 6.07) is 25.7. The first-order valence-corrected chi connectivity index (χ1v) is 12.3. The molecule has 0 atom stereocenters. The molecule has 0 radical (unpaired) electrons. The van der Waals surface area contributed by atoms with Gasteiger partial charge in [0.05, 0.1) is 17.7 Å². The molecule has 166 valence electrons. The fourth-order valence-corrected chi connectivity index (χ4v) is 4.65. The van der Waals surface area contributed by atoms with E-state index in [2.05, 4.69) is 34.6 Å². The lowest BCUT2D eigenvalue weighted by molar-refractivity contribution is -0.118. The summed E-state index contributed by atoms with van der Waals surface area (Å²) >= 11 is 2.93. The SMILES string of the molecule is Cc1ccccc1COc1cccc(/C=N/NC(=O)CSc2nc(-c3ccccc3)cs2)c1. The van der Waals surface area contributed by atoms with Crippen molar-refractivity contribution in [2.75, 3.05) is 5.75 Å². The van der Waals surface area contributed by atoms with E-state index in [1.54, 1.807) is 6.21 Å². The topological polar surface area (TPSA) is 63.6 Å². The predicted octanol–water partition coefficient (Wildman–Crippen LogP) is 5.94. The Labute approximate surface area is 201 Å². The maximum atomic E-state index is 12.1. The number of rotatable bonds is 9. The Morgan fingerprint density at radius 2 is 1.91 bits per heavy atom. The molecule has 0 aliphatic heterocycles. The molecule has 0 bridgehead atoms. The van der Waals surface area contributed by atoms with E-state index >= 15 is 0 Å². The van der Waals surface area contributed by atoms with Crippen molar-refractivity contribution in [2.45, 2.75) is 17.9 Å². The highest BCUT2D eigenvalue weighted by Gasteiger charge is 2.07. The lowest BCUT2D eigenvalue weighted by atomic mass is 10.1. The van der Waals surface area contributed by atoms with Crippen molar-refractivity contribution in [3.63, 3.8) is 0 Å². The van der Waals surface area contributed by atoms with E-state index < -0.39 is 0 Å². The number of aromatic nitrogens is 1. The van der Waals surface area contributed by atoms with E-state index in [0.29, 0.717) is 6.61 Å². The molecule has 5 nitrogen and oxygen atoms in total. The zero-order chi connectivity index (χ0) is 22.9. The smallest absolute Gasteiger partial charge is 0.250 e. The van der Waals surface area contributed by atoms with Crippen LogP contribution in [0, 0.1) is 6.92 Å². The van der Waals surface area contributed by atoms with Gasteiger partial charge in [-0.1, -0.05) is 78.5 Å². The minimum Gasteiger partial charge on any atom is -0.489 e. The van der Waals surface area contributed by atoms with E-state index in [-0.39, 0.29) is 11.7 Å². The maximum absolute atomic E-state index is 12.1. The minimum absolute atomic E-state index is 0.181. The fourth-order valence-electron chi connectivity index (χ4n) is 3.02. The van der Waals surface area contributed by atoms with Crippen LogP contribution in [0.4, 0.5) is 0 Å². The van der Waals surface area contributed by atoms with Gasteiger partial charge in [-0.25, -0.2) is 10.4 Å². The third-order valence-corrected chi connectivity index (χ3v) is 6.82. The van der Waals surface area contributed by atoms with Crippen LogP contribution in [0.1, 0.15) is 16.7 Å². The number of amides is 1. The number of nitrogens with one attached hydrogen (secondary N) is 1. The van der Waals surface area contributed by atoms with Gasteiger partial charge in [-0.15, -0.1) is 11.3 Å². The standard InChI is InChI=1S/C26H23N3O2S2/c1-19-8-5-6-12-22(19)16-31-23-13-7-9-20(14-23)15-27-29-25(30)18-33-26-28-24(17-32-26)21-10-3-2-4-11-21/h2-15,17H,16,18H2,1H3,(H,29,30)/b27-15+. The largest absolute Gasteiger partial charge is 0.489 e. The summed E-state index contributed by atoms with van der Waals surface area (Å²) in [5, 5.41) is 6.07. The molecule has 1 heterocycles. The van der Waals surface area contributed by atoms with Gasteiger partial charge in [-0.2, -0.15) is 5.10 Å². The van der Waals surface area contributed by atoms with Gasteiger partial charge < -0.3 is 4.74 Å². The lowest BCUT2D eigenvalue weighted by Crippen LogP contribution is -2.19. The van der Waals surface area contributed by atoms with Crippen molar-refractivity contribution in [1.82, 2.24) is 10.4 Å². The summed E-state index contributed by atoms with van der Waals surface area (Å²) in [6.45, 7) is 2.57. The highest BCUT2D eigenvalue weighted by Crippen LogP contribution is 2.28. The Hall–Kier alpha value is -3.42. The van der Waals surface area contributed by atoms with Gasteiger partial charge in [0.25, 0.3) is 5.91 Å². The number of thiazole rings is 1. The zero-order valence-corrected chi connectivity index (χ0v) is 19.7. The van der Waals surface area contributed by atoms with Crippen LogP contribution >= 0.6 is 23.1 Å². The molecule has 4 aromatic rings. The average molecular weight is 474 g/mol. The molecule has 1 amide bonds. The molecule has 0 spiro atoms. The Bertz CT molecular complexity index is 1240. The quantitative estimate of drug-likeness (QED) is 0.186. The Kier molecular flexibility index (Phi) is 7.90. The van der Waals surface area contributed by atoms with Crippen LogP contribution in [0.25, 0.3) is 11.3 Å². The molecule has 0 aliphatic rings. The van der Waals surface area contributed by atoms with Gasteiger partial charge in [-0.3, -0.25) is 4.79 Å². The molecule has 33 heavy (non-hydrogen) atoms. The third kappa shape index (κ3) is 6.78. The summed E-state index contributed by atoms with van der Waals surface area (Å²) in [4.78, 5) is 16.7. The minimum atomic E-state index is -0.181. The van der Waals surface area contributed by atoms with Crippen molar-refractivity contribution in [3.8, 4) is 17.0 Å². The second-order valence-electron chi connectivity index (χ2n) is 7.23. The number of aryl methyl sites for hydroxylation is 1. The number of carbonyl (C=O) groups excluding carboxylic acids is 1. The van der Waals surface area contributed by atoms with Gasteiger partial charge in [0.15, 0.2) is 4.34 Å². The van der Waals surface area contributed by atoms with E-state index in [1.807, 2.05) is 72.1 Å². The summed E-state index contributed by atoms with van der Waals surface area (Å²) in [5.41, 5.74) is 7.76. The number of ether oxygens (including phenoxy) is 1. The molecular formula is C26H23N3O2S2. The first-order chi connectivity index (χ1) is 16.2. The monoisotopic (exact) mass is 473 g/mol. The van der Waals surface area contributed by atoms with E-state index in [0.717, 1.165) is 32.5 Å². The van der Waals surface area contributed by atoms with E-state index in [1.165, 1.54) is 28.7 Å². The Morgan fingerprint density at radius 3 is 2.76 bits per heavy atom. The van der Waals surface area contributed by atoms with E-state index in [4.69, 9.17) is 4.74 Å². The average Bonchev–Trinajstić information content (AvgIpc) is 3.32. The summed E-state index contributed by atoms with van der Waals surface area (Å²) < 4.78 is 6.76.